The normalized spacial score (nSPS) is 10.9. The van der Waals surface area contributed by atoms with Crippen LogP contribution in [0.5, 0.6) is 5.75 Å². The van der Waals surface area contributed by atoms with E-state index in [1.807, 2.05) is 0 Å². The van der Waals surface area contributed by atoms with Crippen LogP contribution in [0.3, 0.4) is 0 Å². The van der Waals surface area contributed by atoms with Crippen molar-refractivity contribution < 1.29 is 31.5 Å². The van der Waals surface area contributed by atoms with E-state index in [4.69, 9.17) is 20.8 Å². The summed E-state index contributed by atoms with van der Waals surface area (Å²) in [4.78, 5) is 12.4. The van der Waals surface area contributed by atoms with Gasteiger partial charge >= 0.3 is 0 Å². The van der Waals surface area contributed by atoms with Crippen molar-refractivity contribution in [1.82, 2.24) is 9.78 Å². The Bertz CT molecular complexity index is 1300. The maximum atomic E-state index is 13.8. The number of carbonyl (C=O) groups is 1. The van der Waals surface area contributed by atoms with Crippen molar-refractivity contribution in [2.45, 2.75) is 13.2 Å². The van der Waals surface area contributed by atoms with Crippen molar-refractivity contribution in [2.75, 3.05) is 5.32 Å². The second kappa shape index (κ2) is 9.37. The molecule has 0 saturated heterocycles. The van der Waals surface area contributed by atoms with Gasteiger partial charge in [0, 0.05) is 18.3 Å². The predicted molar refractivity (Wildman–Crippen MR) is 110 cm³/mol. The fourth-order valence-electron chi connectivity index (χ4n) is 2.91. The van der Waals surface area contributed by atoms with Gasteiger partial charge in [0.2, 0.25) is 0 Å². The summed E-state index contributed by atoms with van der Waals surface area (Å²) in [5.41, 5.74) is -0.831. The molecule has 0 atom stereocenters. The van der Waals surface area contributed by atoms with Gasteiger partial charge in [-0.25, -0.2) is 17.6 Å². The lowest BCUT2D eigenvalue weighted by molar-refractivity contribution is 0.0992. The number of aromatic nitrogens is 2. The monoisotopic (exact) mass is 479 g/mol. The second-order valence-electron chi connectivity index (χ2n) is 6.78. The molecule has 1 N–H and O–H groups in total. The molecule has 33 heavy (non-hydrogen) atoms. The molecular formula is C22H14ClF4N3O3. The highest BCUT2D eigenvalue weighted by atomic mass is 35.5. The fraction of sp³-hybridized carbons (Fsp3) is 0.0909. The molecule has 0 bridgehead atoms. The van der Waals surface area contributed by atoms with Gasteiger partial charge in [-0.2, -0.15) is 5.10 Å². The summed E-state index contributed by atoms with van der Waals surface area (Å²) in [6, 6.07) is 11.3. The molecule has 0 aliphatic rings. The SMILES string of the molecule is O=C(Nc1ccn(Cc2c(F)c(F)cc(F)c2F)n1)c1ccc(COc2ccccc2Cl)o1. The third kappa shape index (κ3) is 5.01. The van der Waals surface area contributed by atoms with Crippen molar-refractivity contribution in [3.05, 3.63) is 100 Å². The summed E-state index contributed by atoms with van der Waals surface area (Å²) in [7, 11) is 0. The van der Waals surface area contributed by atoms with Crippen molar-refractivity contribution >= 4 is 23.3 Å². The number of ether oxygens (including phenoxy) is 1. The quantitative estimate of drug-likeness (QED) is 0.278. The Balaban J connectivity index is 1.39. The summed E-state index contributed by atoms with van der Waals surface area (Å²) in [6.45, 7) is -0.556. The lowest BCUT2D eigenvalue weighted by atomic mass is 10.2. The zero-order valence-corrected chi connectivity index (χ0v) is 17.4. The minimum absolute atomic E-state index is 0.0305. The number of amides is 1. The Kier molecular flexibility index (Phi) is 6.36. The Morgan fingerprint density at radius 2 is 1.79 bits per heavy atom. The topological polar surface area (TPSA) is 69.3 Å². The molecule has 0 aliphatic heterocycles. The zero-order valence-electron chi connectivity index (χ0n) is 16.6. The number of halogens is 5. The van der Waals surface area contributed by atoms with E-state index in [0.29, 0.717) is 16.5 Å². The highest BCUT2D eigenvalue weighted by Gasteiger charge is 2.20. The average Bonchev–Trinajstić information content (AvgIpc) is 3.44. The van der Waals surface area contributed by atoms with Crippen LogP contribution in [0.25, 0.3) is 0 Å². The first-order valence-electron chi connectivity index (χ1n) is 9.44. The number of furan rings is 1. The molecule has 2 aromatic carbocycles. The number of hydrogen-bond donors (Lipinski definition) is 1. The van der Waals surface area contributed by atoms with Gasteiger partial charge in [-0.3, -0.25) is 9.48 Å². The van der Waals surface area contributed by atoms with E-state index >= 15 is 0 Å². The second-order valence-corrected chi connectivity index (χ2v) is 7.19. The molecule has 0 saturated carbocycles. The van der Waals surface area contributed by atoms with Crippen LogP contribution in [0.2, 0.25) is 5.02 Å². The number of para-hydroxylation sites is 1. The molecule has 0 spiro atoms. The summed E-state index contributed by atoms with van der Waals surface area (Å²) in [6.07, 6.45) is 1.28. The standard InChI is InChI=1S/C22H14ClF4N3O3/c23-14-3-1-2-4-17(14)32-11-12-5-6-18(33-12)22(31)28-19-7-8-30(29-19)10-13-20(26)15(24)9-16(25)21(13)27/h1-9H,10-11H2,(H,28,29,31). The van der Waals surface area contributed by atoms with E-state index in [-0.39, 0.29) is 24.3 Å². The minimum atomic E-state index is -1.52. The number of nitrogens with zero attached hydrogens (tertiary/aromatic N) is 2. The molecule has 4 aromatic rings. The number of rotatable bonds is 7. The predicted octanol–water partition coefficient (Wildman–Crippen LogP) is 5.57. The Morgan fingerprint density at radius 1 is 1.06 bits per heavy atom. The smallest absolute Gasteiger partial charge is 0.292 e. The molecule has 0 unspecified atom stereocenters. The van der Waals surface area contributed by atoms with E-state index < -0.39 is 41.3 Å². The van der Waals surface area contributed by atoms with Gasteiger partial charge in [0.25, 0.3) is 5.91 Å². The first-order chi connectivity index (χ1) is 15.8. The van der Waals surface area contributed by atoms with Crippen LogP contribution in [0.15, 0.2) is 59.1 Å². The van der Waals surface area contributed by atoms with E-state index in [2.05, 4.69) is 10.4 Å². The number of benzene rings is 2. The molecule has 4 rings (SSSR count). The summed E-state index contributed by atoms with van der Waals surface area (Å²) in [5.74, 6) is -5.89. The Hall–Kier alpha value is -3.79. The van der Waals surface area contributed by atoms with E-state index in [1.54, 1.807) is 30.3 Å². The van der Waals surface area contributed by atoms with Crippen molar-refractivity contribution in [3.8, 4) is 5.75 Å². The van der Waals surface area contributed by atoms with Crippen LogP contribution < -0.4 is 10.1 Å². The van der Waals surface area contributed by atoms with E-state index in [9.17, 15) is 22.4 Å². The van der Waals surface area contributed by atoms with Crippen LogP contribution in [0, 0.1) is 23.3 Å². The number of carbonyl (C=O) groups excluding carboxylic acids is 1. The van der Waals surface area contributed by atoms with Gasteiger partial charge in [0.15, 0.2) is 34.8 Å². The summed E-state index contributed by atoms with van der Waals surface area (Å²) in [5, 5.41) is 6.81. The van der Waals surface area contributed by atoms with E-state index in [1.165, 1.54) is 18.3 Å². The maximum absolute atomic E-state index is 13.8. The van der Waals surface area contributed by atoms with Crippen LogP contribution >= 0.6 is 11.6 Å². The van der Waals surface area contributed by atoms with Gasteiger partial charge in [0.05, 0.1) is 17.1 Å². The Labute approximate surface area is 189 Å². The van der Waals surface area contributed by atoms with Crippen LogP contribution in [0.1, 0.15) is 21.9 Å². The summed E-state index contributed by atoms with van der Waals surface area (Å²) < 4.78 is 66.4. The molecule has 6 nitrogen and oxygen atoms in total. The van der Waals surface area contributed by atoms with Crippen LogP contribution in [0.4, 0.5) is 23.4 Å². The summed E-state index contributed by atoms with van der Waals surface area (Å²) >= 11 is 6.01. The Morgan fingerprint density at radius 3 is 2.52 bits per heavy atom. The largest absolute Gasteiger partial charge is 0.484 e. The lowest BCUT2D eigenvalue weighted by Crippen LogP contribution is -2.13. The van der Waals surface area contributed by atoms with Gasteiger partial charge < -0.3 is 14.5 Å². The number of hydrogen-bond acceptors (Lipinski definition) is 4. The molecule has 0 aliphatic carbocycles. The minimum Gasteiger partial charge on any atom is -0.484 e. The van der Waals surface area contributed by atoms with Crippen molar-refractivity contribution in [3.63, 3.8) is 0 Å². The van der Waals surface area contributed by atoms with Gasteiger partial charge in [0.1, 0.15) is 18.1 Å². The molecule has 2 aromatic heterocycles. The van der Waals surface area contributed by atoms with Gasteiger partial charge in [-0.15, -0.1) is 0 Å². The average molecular weight is 480 g/mol. The molecule has 0 fully saturated rings. The molecular weight excluding hydrogens is 466 g/mol. The van der Waals surface area contributed by atoms with Crippen molar-refractivity contribution in [1.29, 1.82) is 0 Å². The highest BCUT2D eigenvalue weighted by molar-refractivity contribution is 6.32. The lowest BCUT2D eigenvalue weighted by Gasteiger charge is -2.07. The van der Waals surface area contributed by atoms with E-state index in [0.717, 1.165) is 4.68 Å². The first kappa shape index (κ1) is 22.4. The molecule has 11 heteroatoms. The first-order valence-corrected chi connectivity index (χ1v) is 9.82. The van der Waals surface area contributed by atoms with Crippen LogP contribution in [-0.2, 0) is 13.2 Å². The highest BCUT2D eigenvalue weighted by Crippen LogP contribution is 2.24. The maximum Gasteiger partial charge on any atom is 0.292 e. The zero-order chi connectivity index (χ0) is 23.5. The molecule has 0 radical (unpaired) electrons. The fourth-order valence-corrected chi connectivity index (χ4v) is 3.10. The molecule has 1 amide bonds. The van der Waals surface area contributed by atoms with Gasteiger partial charge in [-0.1, -0.05) is 23.7 Å². The molecule has 2 heterocycles. The van der Waals surface area contributed by atoms with Gasteiger partial charge in [-0.05, 0) is 24.3 Å². The third-order valence-electron chi connectivity index (χ3n) is 4.50. The van der Waals surface area contributed by atoms with Crippen molar-refractivity contribution in [2.24, 2.45) is 0 Å². The third-order valence-corrected chi connectivity index (χ3v) is 4.81. The van der Waals surface area contributed by atoms with Crippen LogP contribution in [-0.4, -0.2) is 15.7 Å². The number of nitrogens with one attached hydrogen (secondary N) is 1. The number of anilines is 1. The molecule has 170 valence electrons.